The summed E-state index contributed by atoms with van der Waals surface area (Å²) in [5, 5.41) is 11.4. The molecule has 1 amide bonds. The summed E-state index contributed by atoms with van der Waals surface area (Å²) < 4.78 is 28.3. The predicted octanol–water partition coefficient (Wildman–Crippen LogP) is 1.16. The fourth-order valence-corrected chi connectivity index (χ4v) is 2.75. The van der Waals surface area contributed by atoms with Crippen LogP contribution in [-0.4, -0.2) is 49.6 Å². The fourth-order valence-electron chi connectivity index (χ4n) is 1.86. The smallest absolute Gasteiger partial charge is 0.326 e. The molecule has 0 bridgehead atoms. The zero-order valence-electron chi connectivity index (χ0n) is 13.8. The van der Waals surface area contributed by atoms with Crippen LogP contribution in [0.15, 0.2) is 24.3 Å². The van der Waals surface area contributed by atoms with E-state index in [0.29, 0.717) is 5.75 Å². The molecule has 0 aliphatic rings. The highest BCUT2D eigenvalue weighted by Gasteiger charge is 2.22. The minimum atomic E-state index is -3.28. The van der Waals surface area contributed by atoms with E-state index in [4.69, 9.17) is 9.84 Å². The van der Waals surface area contributed by atoms with Gasteiger partial charge in [0, 0.05) is 5.75 Å². The van der Waals surface area contributed by atoms with Crippen LogP contribution in [0.2, 0.25) is 0 Å². The molecule has 1 aromatic carbocycles. The minimum Gasteiger partial charge on any atom is -0.493 e. The summed E-state index contributed by atoms with van der Waals surface area (Å²) in [5.41, 5.74) is 1.09. The molecule has 1 rings (SSSR count). The van der Waals surface area contributed by atoms with Gasteiger partial charge in [-0.25, -0.2) is 13.2 Å². The van der Waals surface area contributed by atoms with Crippen molar-refractivity contribution in [3.8, 4) is 5.75 Å². The molecule has 0 aliphatic carbocycles. The van der Waals surface area contributed by atoms with Gasteiger partial charge in [0.25, 0.3) is 0 Å². The number of carboxylic acid groups (broad SMARTS) is 1. The van der Waals surface area contributed by atoms with Gasteiger partial charge in [-0.15, -0.1) is 0 Å². The van der Waals surface area contributed by atoms with Crippen LogP contribution in [0.5, 0.6) is 5.75 Å². The van der Waals surface area contributed by atoms with Crippen molar-refractivity contribution in [3.05, 3.63) is 29.8 Å². The van der Waals surface area contributed by atoms with Crippen LogP contribution < -0.4 is 10.1 Å². The van der Waals surface area contributed by atoms with E-state index in [-0.39, 0.29) is 31.0 Å². The summed E-state index contributed by atoms with van der Waals surface area (Å²) in [6.07, 6.45) is -0.172. The van der Waals surface area contributed by atoms with Crippen LogP contribution in [-0.2, 0) is 19.4 Å². The number of amides is 1. The number of hydrogen-bond acceptors (Lipinski definition) is 5. The van der Waals surface area contributed by atoms with E-state index in [1.54, 1.807) is 12.1 Å². The lowest BCUT2D eigenvalue weighted by Crippen LogP contribution is -2.42. The molecule has 8 heteroatoms. The number of sulfone groups is 1. The van der Waals surface area contributed by atoms with Crippen LogP contribution in [0, 0.1) is 6.92 Å². The van der Waals surface area contributed by atoms with E-state index in [9.17, 15) is 18.0 Å². The zero-order valence-corrected chi connectivity index (χ0v) is 14.6. The number of aryl methyl sites for hydroxylation is 1. The van der Waals surface area contributed by atoms with Crippen LogP contribution in [0.4, 0.5) is 0 Å². The maximum Gasteiger partial charge on any atom is 0.326 e. The molecule has 1 aromatic rings. The number of carbonyl (C=O) groups is 2. The quantitative estimate of drug-likeness (QED) is 0.650. The van der Waals surface area contributed by atoms with Gasteiger partial charge in [-0.05, 0) is 25.5 Å². The van der Waals surface area contributed by atoms with Gasteiger partial charge in [0.1, 0.15) is 21.6 Å². The van der Waals surface area contributed by atoms with Crippen LogP contribution in [0.1, 0.15) is 25.3 Å². The van der Waals surface area contributed by atoms with Crippen molar-refractivity contribution in [1.29, 1.82) is 0 Å². The fraction of sp³-hybridized carbons (Fsp3) is 0.500. The molecule has 0 spiro atoms. The predicted molar refractivity (Wildman–Crippen MR) is 89.8 cm³/mol. The molecule has 0 fully saturated rings. The Hall–Kier alpha value is -2.09. The maximum atomic E-state index is 11.8. The Balaban J connectivity index is 2.42. The van der Waals surface area contributed by atoms with E-state index in [2.05, 4.69) is 5.32 Å². The van der Waals surface area contributed by atoms with Crippen LogP contribution in [0.25, 0.3) is 0 Å². The number of carboxylic acids is 1. The second-order valence-corrected chi connectivity index (χ2v) is 7.87. The second-order valence-electron chi connectivity index (χ2n) is 5.39. The van der Waals surface area contributed by atoms with Crippen molar-refractivity contribution in [2.45, 2.75) is 32.7 Å². The van der Waals surface area contributed by atoms with Crippen LogP contribution in [0.3, 0.4) is 0 Å². The van der Waals surface area contributed by atoms with Crippen molar-refractivity contribution < 1.29 is 27.9 Å². The Morgan fingerprint density at radius 2 is 1.88 bits per heavy atom. The highest BCUT2D eigenvalue weighted by molar-refractivity contribution is 7.91. The van der Waals surface area contributed by atoms with Gasteiger partial charge >= 0.3 is 5.97 Å². The van der Waals surface area contributed by atoms with E-state index >= 15 is 0 Å². The van der Waals surface area contributed by atoms with Gasteiger partial charge in [-0.2, -0.15) is 0 Å². The van der Waals surface area contributed by atoms with Gasteiger partial charge in [0.2, 0.25) is 5.91 Å². The van der Waals surface area contributed by atoms with E-state index in [1.807, 2.05) is 19.1 Å². The highest BCUT2D eigenvalue weighted by Crippen LogP contribution is 2.11. The Morgan fingerprint density at radius 3 is 2.42 bits per heavy atom. The van der Waals surface area contributed by atoms with Gasteiger partial charge in [0.15, 0.2) is 0 Å². The second kappa shape index (κ2) is 9.27. The third-order valence-electron chi connectivity index (χ3n) is 3.41. The van der Waals surface area contributed by atoms with Gasteiger partial charge in [0.05, 0.1) is 18.8 Å². The van der Waals surface area contributed by atoms with Crippen molar-refractivity contribution >= 4 is 21.7 Å². The molecule has 1 unspecified atom stereocenters. The molecule has 0 radical (unpaired) electrons. The normalized spacial score (nSPS) is 12.4. The topological polar surface area (TPSA) is 110 Å². The average molecular weight is 357 g/mol. The first-order valence-corrected chi connectivity index (χ1v) is 9.47. The number of carbonyl (C=O) groups excluding carboxylic acids is 1. The molecule has 0 heterocycles. The average Bonchev–Trinajstić information content (AvgIpc) is 2.53. The molecule has 0 aliphatic heterocycles. The lowest BCUT2D eigenvalue weighted by Gasteiger charge is -2.14. The largest absolute Gasteiger partial charge is 0.493 e. The first kappa shape index (κ1) is 20.0. The molecule has 0 saturated heterocycles. The molecule has 1 atom stereocenters. The monoisotopic (exact) mass is 357 g/mol. The number of ether oxygens (including phenoxy) is 1. The molecular formula is C16H23NO6S. The Morgan fingerprint density at radius 1 is 1.25 bits per heavy atom. The molecule has 2 N–H and O–H groups in total. The summed E-state index contributed by atoms with van der Waals surface area (Å²) in [6.45, 7) is 3.54. The standard InChI is InChI=1S/C16H23NO6S/c1-3-24(21,22)11-9-14(16(19)20)17-15(18)8-10-23-13-6-4-12(2)5-7-13/h4-7,14H,3,8-11H2,1-2H3,(H,17,18)(H,19,20). The van der Waals surface area contributed by atoms with Crippen molar-refractivity contribution in [3.63, 3.8) is 0 Å². The minimum absolute atomic E-state index is 0.0157. The number of nitrogens with one attached hydrogen (secondary N) is 1. The molecule has 134 valence electrons. The summed E-state index contributed by atoms with van der Waals surface area (Å²) in [7, 11) is -3.28. The van der Waals surface area contributed by atoms with Crippen molar-refractivity contribution in [2.24, 2.45) is 0 Å². The summed E-state index contributed by atoms with van der Waals surface area (Å²) in [6, 6.07) is 6.10. The number of hydrogen-bond donors (Lipinski definition) is 2. The number of rotatable bonds is 10. The molecule has 0 saturated carbocycles. The highest BCUT2D eigenvalue weighted by atomic mass is 32.2. The first-order chi connectivity index (χ1) is 11.2. The molecule has 0 aromatic heterocycles. The lowest BCUT2D eigenvalue weighted by molar-refractivity contribution is -0.141. The van der Waals surface area contributed by atoms with Gasteiger partial charge in [-0.3, -0.25) is 4.79 Å². The summed E-state index contributed by atoms with van der Waals surface area (Å²) >= 11 is 0. The Kier molecular flexibility index (Phi) is 7.70. The third kappa shape index (κ3) is 7.45. The zero-order chi connectivity index (χ0) is 18.2. The van der Waals surface area contributed by atoms with E-state index in [1.165, 1.54) is 6.92 Å². The summed E-state index contributed by atoms with van der Waals surface area (Å²) in [5.74, 6) is -1.46. The van der Waals surface area contributed by atoms with Crippen molar-refractivity contribution in [1.82, 2.24) is 5.32 Å². The SMILES string of the molecule is CCS(=O)(=O)CCC(NC(=O)CCOc1ccc(C)cc1)C(=O)O. The Bertz CT molecular complexity index is 654. The lowest BCUT2D eigenvalue weighted by atomic mass is 10.2. The van der Waals surface area contributed by atoms with E-state index in [0.717, 1.165) is 5.56 Å². The molecule has 24 heavy (non-hydrogen) atoms. The van der Waals surface area contributed by atoms with Crippen molar-refractivity contribution in [2.75, 3.05) is 18.1 Å². The Labute approximate surface area is 141 Å². The van der Waals surface area contributed by atoms with Gasteiger partial charge < -0.3 is 15.2 Å². The van der Waals surface area contributed by atoms with Crippen LogP contribution >= 0.6 is 0 Å². The first-order valence-electron chi connectivity index (χ1n) is 7.65. The molecule has 7 nitrogen and oxygen atoms in total. The van der Waals surface area contributed by atoms with E-state index < -0.39 is 27.8 Å². The summed E-state index contributed by atoms with van der Waals surface area (Å²) in [4.78, 5) is 22.9. The maximum absolute atomic E-state index is 11.8. The molecular weight excluding hydrogens is 334 g/mol. The van der Waals surface area contributed by atoms with Gasteiger partial charge in [-0.1, -0.05) is 24.6 Å². The number of aliphatic carboxylic acids is 1. The third-order valence-corrected chi connectivity index (χ3v) is 5.15. The number of benzene rings is 1.